The van der Waals surface area contributed by atoms with E-state index in [2.05, 4.69) is 5.32 Å². The summed E-state index contributed by atoms with van der Waals surface area (Å²) in [6.45, 7) is 1.28. The number of anilines is 1. The number of sulfonamides is 1. The molecule has 10 heteroatoms. The molecule has 0 bridgehead atoms. The van der Waals surface area contributed by atoms with Gasteiger partial charge >= 0.3 is 0 Å². The van der Waals surface area contributed by atoms with Crippen LogP contribution in [0.1, 0.15) is 16.7 Å². The fraction of sp³-hybridized carbons (Fsp3) is 0.212. The number of likely N-dealkylation sites (N-methyl/N-ethyl adjacent to an activating group) is 1. The standard InChI is InChI=1S/C33H34ClN3O5S/c1-24-17-18-27(21-30(24)34)37(43(40,41)29-15-8-5-9-16-29)23-32(38)36(22-26-13-10-14-28(19-26)42-3)31(33(39)35-2)20-25-11-6-4-7-12-25/h4-19,21,31H,20,22-23H2,1-3H3,(H,35,39). The molecular weight excluding hydrogens is 586 g/mol. The van der Waals surface area contributed by atoms with Crippen molar-refractivity contribution in [3.05, 3.63) is 125 Å². The molecule has 2 amide bonds. The van der Waals surface area contributed by atoms with Crippen LogP contribution in [0.15, 0.2) is 108 Å². The molecule has 224 valence electrons. The smallest absolute Gasteiger partial charge is 0.264 e. The van der Waals surface area contributed by atoms with Gasteiger partial charge in [0.05, 0.1) is 17.7 Å². The number of rotatable bonds is 12. The third-order valence-corrected chi connectivity index (χ3v) is 9.25. The van der Waals surface area contributed by atoms with Gasteiger partial charge in [-0.25, -0.2) is 8.42 Å². The highest BCUT2D eigenvalue weighted by atomic mass is 35.5. The van der Waals surface area contributed by atoms with E-state index in [0.717, 1.165) is 15.4 Å². The molecule has 0 aliphatic heterocycles. The highest BCUT2D eigenvalue weighted by Crippen LogP contribution is 2.29. The Morgan fingerprint density at radius 2 is 1.53 bits per heavy atom. The van der Waals surface area contributed by atoms with Crippen LogP contribution < -0.4 is 14.4 Å². The zero-order chi connectivity index (χ0) is 31.0. The number of ether oxygens (including phenoxy) is 1. The first kappa shape index (κ1) is 31.6. The number of nitrogens with one attached hydrogen (secondary N) is 1. The van der Waals surface area contributed by atoms with Gasteiger partial charge in [0.15, 0.2) is 0 Å². The highest BCUT2D eigenvalue weighted by molar-refractivity contribution is 7.92. The Balaban J connectivity index is 1.80. The molecule has 43 heavy (non-hydrogen) atoms. The molecule has 4 aromatic rings. The van der Waals surface area contributed by atoms with Crippen molar-refractivity contribution in [2.75, 3.05) is 25.0 Å². The van der Waals surface area contributed by atoms with E-state index in [1.165, 1.54) is 30.1 Å². The third kappa shape index (κ3) is 7.74. The Bertz CT molecular complexity index is 1670. The lowest BCUT2D eigenvalue weighted by atomic mass is 10.0. The van der Waals surface area contributed by atoms with E-state index in [1.807, 2.05) is 36.4 Å². The second-order valence-corrected chi connectivity index (χ2v) is 12.2. The monoisotopic (exact) mass is 619 g/mol. The van der Waals surface area contributed by atoms with Crippen LogP contribution >= 0.6 is 11.6 Å². The molecule has 0 aliphatic carbocycles. The summed E-state index contributed by atoms with van der Waals surface area (Å²) in [4.78, 5) is 29.1. The first-order valence-corrected chi connectivity index (χ1v) is 15.5. The summed E-state index contributed by atoms with van der Waals surface area (Å²) in [7, 11) is -1.15. The van der Waals surface area contributed by atoms with Crippen LogP contribution in [0.4, 0.5) is 5.69 Å². The summed E-state index contributed by atoms with van der Waals surface area (Å²) < 4.78 is 34.4. The molecule has 1 atom stereocenters. The number of benzene rings is 4. The lowest BCUT2D eigenvalue weighted by Gasteiger charge is -2.33. The van der Waals surface area contributed by atoms with Crippen molar-refractivity contribution in [1.29, 1.82) is 0 Å². The van der Waals surface area contributed by atoms with Crippen molar-refractivity contribution >= 4 is 39.1 Å². The fourth-order valence-electron chi connectivity index (χ4n) is 4.67. The molecule has 0 heterocycles. The lowest BCUT2D eigenvalue weighted by molar-refractivity contribution is -0.139. The number of amides is 2. The molecular formula is C33H34ClN3O5S. The van der Waals surface area contributed by atoms with Gasteiger partial charge in [0.25, 0.3) is 10.0 Å². The Morgan fingerprint density at radius 3 is 2.16 bits per heavy atom. The van der Waals surface area contributed by atoms with E-state index in [9.17, 15) is 18.0 Å². The summed E-state index contributed by atoms with van der Waals surface area (Å²) in [5.74, 6) is -0.355. The summed E-state index contributed by atoms with van der Waals surface area (Å²) in [6.07, 6.45) is 0.220. The second kappa shape index (κ2) is 14.2. The molecule has 4 rings (SSSR count). The first-order valence-electron chi connectivity index (χ1n) is 13.7. The second-order valence-electron chi connectivity index (χ2n) is 9.95. The molecule has 4 aromatic carbocycles. The summed E-state index contributed by atoms with van der Waals surface area (Å²) in [6, 6.07) is 28.3. The lowest BCUT2D eigenvalue weighted by Crippen LogP contribution is -2.53. The molecule has 0 saturated heterocycles. The molecule has 0 aliphatic rings. The zero-order valence-electron chi connectivity index (χ0n) is 24.2. The van der Waals surface area contributed by atoms with Crippen molar-refractivity contribution < 1.29 is 22.7 Å². The number of aryl methyl sites for hydroxylation is 1. The number of carbonyl (C=O) groups excluding carboxylic acids is 2. The maximum atomic E-state index is 14.3. The molecule has 0 spiro atoms. The Labute approximate surface area is 257 Å². The van der Waals surface area contributed by atoms with Gasteiger partial charge in [-0.2, -0.15) is 0 Å². The topological polar surface area (TPSA) is 96.0 Å². The van der Waals surface area contributed by atoms with Crippen LogP contribution in [0, 0.1) is 6.92 Å². The zero-order valence-corrected chi connectivity index (χ0v) is 25.8. The number of methoxy groups -OCH3 is 1. The normalized spacial score (nSPS) is 11.8. The molecule has 0 aromatic heterocycles. The predicted octanol–water partition coefficient (Wildman–Crippen LogP) is 5.24. The maximum Gasteiger partial charge on any atom is 0.264 e. The van der Waals surface area contributed by atoms with Crippen LogP contribution in [-0.4, -0.2) is 51.9 Å². The van der Waals surface area contributed by atoms with Gasteiger partial charge in [-0.3, -0.25) is 13.9 Å². The molecule has 8 nitrogen and oxygen atoms in total. The average molecular weight is 620 g/mol. The molecule has 0 radical (unpaired) electrons. The van der Waals surface area contributed by atoms with Gasteiger partial charge in [0.1, 0.15) is 18.3 Å². The largest absolute Gasteiger partial charge is 0.497 e. The van der Waals surface area contributed by atoms with Crippen LogP contribution in [0.25, 0.3) is 0 Å². The summed E-state index contributed by atoms with van der Waals surface area (Å²) >= 11 is 6.41. The number of halogens is 1. The van der Waals surface area contributed by atoms with E-state index in [-0.39, 0.29) is 29.5 Å². The number of nitrogens with zero attached hydrogens (tertiary/aromatic N) is 2. The summed E-state index contributed by atoms with van der Waals surface area (Å²) in [5.41, 5.74) is 2.55. The van der Waals surface area contributed by atoms with Crippen molar-refractivity contribution in [3.63, 3.8) is 0 Å². The van der Waals surface area contributed by atoms with Crippen molar-refractivity contribution in [3.8, 4) is 5.75 Å². The molecule has 0 saturated carbocycles. The van der Waals surface area contributed by atoms with E-state index in [0.29, 0.717) is 16.3 Å². The van der Waals surface area contributed by atoms with Gasteiger partial charge in [0.2, 0.25) is 11.8 Å². The molecule has 1 N–H and O–H groups in total. The number of hydrogen-bond donors (Lipinski definition) is 1. The van der Waals surface area contributed by atoms with Crippen molar-refractivity contribution in [1.82, 2.24) is 10.2 Å². The van der Waals surface area contributed by atoms with Crippen LogP contribution in [0.3, 0.4) is 0 Å². The van der Waals surface area contributed by atoms with E-state index in [1.54, 1.807) is 62.6 Å². The number of carbonyl (C=O) groups is 2. The van der Waals surface area contributed by atoms with Gasteiger partial charge in [0, 0.05) is 25.0 Å². The minimum Gasteiger partial charge on any atom is -0.497 e. The predicted molar refractivity (Wildman–Crippen MR) is 169 cm³/mol. The number of hydrogen-bond acceptors (Lipinski definition) is 5. The highest BCUT2D eigenvalue weighted by Gasteiger charge is 2.34. The Hall–Kier alpha value is -4.34. The minimum atomic E-state index is -4.20. The van der Waals surface area contributed by atoms with Crippen LogP contribution in [-0.2, 0) is 32.6 Å². The van der Waals surface area contributed by atoms with Crippen LogP contribution in [0.2, 0.25) is 5.02 Å². The van der Waals surface area contributed by atoms with Gasteiger partial charge in [-0.05, 0) is 60.0 Å². The fourth-order valence-corrected chi connectivity index (χ4v) is 6.28. The quantitative estimate of drug-likeness (QED) is 0.234. The molecule has 1 unspecified atom stereocenters. The third-order valence-electron chi connectivity index (χ3n) is 7.06. The van der Waals surface area contributed by atoms with Gasteiger partial charge in [-0.1, -0.05) is 78.3 Å². The SMILES string of the molecule is CNC(=O)C(Cc1ccccc1)N(Cc1cccc(OC)c1)C(=O)CN(c1ccc(C)c(Cl)c1)S(=O)(=O)c1ccccc1. The Morgan fingerprint density at radius 1 is 0.884 bits per heavy atom. The van der Waals surface area contributed by atoms with E-state index < -0.39 is 28.5 Å². The first-order chi connectivity index (χ1) is 20.6. The van der Waals surface area contributed by atoms with E-state index in [4.69, 9.17) is 16.3 Å². The van der Waals surface area contributed by atoms with Crippen LogP contribution in [0.5, 0.6) is 5.75 Å². The maximum absolute atomic E-state index is 14.3. The average Bonchev–Trinajstić information content (AvgIpc) is 3.03. The Kier molecular flexibility index (Phi) is 10.4. The minimum absolute atomic E-state index is 0.0194. The molecule has 0 fully saturated rings. The van der Waals surface area contributed by atoms with Gasteiger partial charge in [-0.15, -0.1) is 0 Å². The summed E-state index contributed by atoms with van der Waals surface area (Å²) in [5, 5.41) is 3.04. The van der Waals surface area contributed by atoms with E-state index >= 15 is 0 Å². The van der Waals surface area contributed by atoms with Crippen molar-refractivity contribution in [2.45, 2.75) is 30.8 Å². The van der Waals surface area contributed by atoms with Gasteiger partial charge < -0.3 is 15.0 Å². The van der Waals surface area contributed by atoms with Crippen molar-refractivity contribution in [2.24, 2.45) is 0 Å².